The summed E-state index contributed by atoms with van der Waals surface area (Å²) in [6.07, 6.45) is 8.43. The van der Waals surface area contributed by atoms with E-state index < -0.39 is 4.92 Å². The lowest BCUT2D eigenvalue weighted by atomic mass is 9.46. The molecule has 2 aromatic rings. The maximum Gasteiger partial charge on any atom is 0.404 e. The molecule has 0 N–H and O–H groups in total. The van der Waals surface area contributed by atoms with Gasteiger partial charge in [0.15, 0.2) is 0 Å². The van der Waals surface area contributed by atoms with E-state index in [-0.39, 0.29) is 28.5 Å². The van der Waals surface area contributed by atoms with Crippen LogP contribution in [0.15, 0.2) is 28.9 Å². The molecule has 5 fully saturated rings. The summed E-state index contributed by atoms with van der Waals surface area (Å²) in [5.74, 6) is 0.806. The van der Waals surface area contributed by atoms with Crippen LogP contribution in [-0.2, 0) is 16.9 Å². The van der Waals surface area contributed by atoms with E-state index in [4.69, 9.17) is 11.6 Å². The summed E-state index contributed by atoms with van der Waals surface area (Å²) in [6.45, 7) is 3.50. The van der Waals surface area contributed by atoms with Crippen LogP contribution < -0.4 is 0 Å². The number of nitrogens with zero attached hydrogens (tertiary/aromatic N) is 5. The Bertz CT molecular complexity index is 1230. The molecule has 1 aromatic carbocycles. The Labute approximate surface area is 228 Å². The number of amides is 1. The van der Waals surface area contributed by atoms with Crippen molar-refractivity contribution < 1.29 is 14.1 Å². The zero-order valence-electron chi connectivity index (χ0n) is 20.5. The maximum atomic E-state index is 13.6. The highest BCUT2D eigenvalue weighted by Gasteiger charge is 2.60. The third-order valence-electron chi connectivity index (χ3n) is 9.12. The average Bonchev–Trinajstić information content (AvgIpc) is 3.23. The summed E-state index contributed by atoms with van der Waals surface area (Å²) < 4.78 is 15.6. The molecule has 4 bridgehead atoms. The molecule has 4 saturated carbocycles. The first kappa shape index (κ1) is 25.2. The van der Waals surface area contributed by atoms with Gasteiger partial charge in [-0.05, 0) is 94.3 Å². The lowest BCUT2D eigenvalue weighted by Crippen LogP contribution is -2.58. The molecular weight excluding hydrogens is 565 g/mol. The lowest BCUT2D eigenvalue weighted by molar-refractivity contribution is -0.390. The molecule has 1 aromatic heterocycles. The molecule has 198 valence electrons. The number of benzene rings is 1. The number of carbonyl (C=O) groups is 1. The first-order valence-electron chi connectivity index (χ1n) is 13.0. The Hall–Kier alpha value is -2.04. The van der Waals surface area contributed by atoms with Crippen molar-refractivity contribution in [1.29, 1.82) is 0 Å². The predicted molar refractivity (Wildman–Crippen MR) is 140 cm³/mol. The Morgan fingerprint density at radius 3 is 2.51 bits per heavy atom. The van der Waals surface area contributed by atoms with E-state index in [0.29, 0.717) is 47.4 Å². The second kappa shape index (κ2) is 9.31. The van der Waals surface area contributed by atoms with Gasteiger partial charge in [0.1, 0.15) is 10.3 Å². The van der Waals surface area contributed by atoms with Crippen molar-refractivity contribution in [2.24, 2.45) is 17.3 Å². The fraction of sp³-hybridized carbons (Fsp3) is 0.615. The molecule has 37 heavy (non-hydrogen) atoms. The van der Waals surface area contributed by atoms with E-state index in [0.717, 1.165) is 50.8 Å². The van der Waals surface area contributed by atoms with Crippen molar-refractivity contribution in [1.82, 2.24) is 19.6 Å². The molecule has 11 heteroatoms. The fourth-order valence-corrected chi connectivity index (χ4v) is 8.71. The van der Waals surface area contributed by atoms with Crippen LogP contribution in [0.4, 0.5) is 10.2 Å². The van der Waals surface area contributed by atoms with Gasteiger partial charge in [-0.15, -0.1) is 0 Å². The molecule has 5 aliphatic rings. The lowest BCUT2D eigenvalue weighted by Gasteiger charge is -2.61. The Kier molecular flexibility index (Phi) is 6.35. The molecule has 2 atom stereocenters. The quantitative estimate of drug-likeness (QED) is 0.331. The van der Waals surface area contributed by atoms with Crippen LogP contribution in [-0.4, -0.2) is 56.6 Å². The van der Waals surface area contributed by atoms with E-state index in [1.54, 1.807) is 12.3 Å². The average molecular weight is 595 g/mol. The van der Waals surface area contributed by atoms with E-state index >= 15 is 0 Å². The maximum absolute atomic E-state index is 13.6. The van der Waals surface area contributed by atoms with Gasteiger partial charge in [0, 0.05) is 44.2 Å². The van der Waals surface area contributed by atoms with Gasteiger partial charge in [-0.25, -0.2) is 4.39 Å². The topological polar surface area (TPSA) is 84.5 Å². The van der Waals surface area contributed by atoms with E-state index in [1.807, 2.05) is 9.58 Å². The molecule has 1 saturated heterocycles. The molecule has 2 heterocycles. The molecule has 8 nitrogen and oxygen atoms in total. The van der Waals surface area contributed by atoms with E-state index in [2.05, 4.69) is 25.9 Å². The summed E-state index contributed by atoms with van der Waals surface area (Å²) in [6, 6.07) is 4.50. The van der Waals surface area contributed by atoms with E-state index in [9.17, 15) is 19.3 Å². The van der Waals surface area contributed by atoms with Crippen LogP contribution in [0.3, 0.4) is 0 Å². The molecular formula is C26H30BrClFN5O3. The molecule has 2 unspecified atom stereocenters. The Morgan fingerprint density at radius 1 is 1.19 bits per heavy atom. The van der Waals surface area contributed by atoms with Crippen molar-refractivity contribution >= 4 is 39.3 Å². The number of piperazine rings is 1. The summed E-state index contributed by atoms with van der Waals surface area (Å²) in [7, 11) is 0. The number of nitro groups is 1. The summed E-state index contributed by atoms with van der Waals surface area (Å²) in [4.78, 5) is 28.8. The third-order valence-corrected chi connectivity index (χ3v) is 10.0. The second-order valence-corrected chi connectivity index (χ2v) is 13.0. The van der Waals surface area contributed by atoms with Crippen LogP contribution >= 0.6 is 27.5 Å². The SMILES string of the molecule is O=C(CC12CC3CC(C1)CC(n1cc(Br)c([N+](=O)[O-])n1)(C3)C2)N1CCN(Cc2ccc(F)cc2Cl)CC1. The van der Waals surface area contributed by atoms with Crippen LogP contribution in [0.25, 0.3) is 0 Å². The molecule has 1 aliphatic heterocycles. The van der Waals surface area contributed by atoms with Gasteiger partial charge in [-0.3, -0.25) is 9.69 Å². The Morgan fingerprint density at radius 2 is 1.89 bits per heavy atom. The predicted octanol–water partition coefficient (Wildman–Crippen LogP) is 5.38. The first-order chi connectivity index (χ1) is 17.6. The van der Waals surface area contributed by atoms with Gasteiger partial charge >= 0.3 is 5.82 Å². The summed E-state index contributed by atoms with van der Waals surface area (Å²) in [5, 5.41) is 16.3. The van der Waals surface area contributed by atoms with Crippen molar-refractivity contribution in [2.75, 3.05) is 26.2 Å². The number of hydrogen-bond donors (Lipinski definition) is 0. The Balaban J connectivity index is 1.12. The van der Waals surface area contributed by atoms with Crippen molar-refractivity contribution in [3.05, 3.63) is 55.4 Å². The summed E-state index contributed by atoms with van der Waals surface area (Å²) >= 11 is 9.53. The monoisotopic (exact) mass is 593 g/mol. The minimum Gasteiger partial charge on any atom is -0.358 e. The fourth-order valence-electron chi connectivity index (χ4n) is 8.07. The molecule has 0 spiro atoms. The number of halogens is 3. The zero-order chi connectivity index (χ0) is 25.9. The standard InChI is InChI=1S/C26H30BrClFN5O3/c27-21-15-33(30-24(21)34(36)37)26-11-17-7-18(12-26)10-25(9-17,16-26)13-23(35)32-5-3-31(4-6-32)14-19-1-2-20(29)8-22(19)28/h1-2,8,15,17-18H,3-7,9-14,16H2. The third kappa shape index (κ3) is 4.69. The van der Waals surface area contributed by atoms with Gasteiger partial charge in [0.2, 0.25) is 5.91 Å². The molecule has 0 radical (unpaired) electrons. The largest absolute Gasteiger partial charge is 0.404 e. The highest BCUT2D eigenvalue weighted by atomic mass is 79.9. The second-order valence-electron chi connectivity index (χ2n) is 11.8. The van der Waals surface area contributed by atoms with Crippen LogP contribution in [0, 0.1) is 33.2 Å². The minimum atomic E-state index is -0.440. The van der Waals surface area contributed by atoms with Crippen molar-refractivity contribution in [2.45, 2.75) is 57.0 Å². The zero-order valence-corrected chi connectivity index (χ0v) is 22.9. The van der Waals surface area contributed by atoms with Gasteiger partial charge in [0.25, 0.3) is 0 Å². The molecule has 7 rings (SSSR count). The van der Waals surface area contributed by atoms with Gasteiger partial charge in [0.05, 0.1) is 16.8 Å². The van der Waals surface area contributed by atoms with E-state index in [1.165, 1.54) is 18.6 Å². The highest BCUT2D eigenvalue weighted by Crippen LogP contribution is 2.65. The molecule has 1 amide bonds. The van der Waals surface area contributed by atoms with Crippen LogP contribution in [0.5, 0.6) is 0 Å². The highest BCUT2D eigenvalue weighted by molar-refractivity contribution is 9.10. The van der Waals surface area contributed by atoms with Gasteiger partial charge in [-0.2, -0.15) is 4.68 Å². The number of aromatic nitrogens is 2. The van der Waals surface area contributed by atoms with Crippen LogP contribution in [0.1, 0.15) is 50.5 Å². The number of rotatable bonds is 6. The first-order valence-corrected chi connectivity index (χ1v) is 14.1. The van der Waals surface area contributed by atoms with Crippen molar-refractivity contribution in [3.8, 4) is 0 Å². The molecule has 4 aliphatic carbocycles. The van der Waals surface area contributed by atoms with Crippen LogP contribution in [0.2, 0.25) is 5.02 Å². The smallest absolute Gasteiger partial charge is 0.358 e. The normalized spacial score (nSPS) is 31.2. The van der Waals surface area contributed by atoms with Gasteiger partial charge < -0.3 is 15.0 Å². The summed E-state index contributed by atoms with van der Waals surface area (Å²) in [5.41, 5.74) is 0.591. The number of carbonyl (C=O) groups excluding carboxylic acids is 1. The number of hydrogen-bond acceptors (Lipinski definition) is 5. The minimum absolute atomic E-state index is 0.0624. The van der Waals surface area contributed by atoms with Crippen molar-refractivity contribution in [3.63, 3.8) is 0 Å². The van der Waals surface area contributed by atoms with Gasteiger partial charge in [-0.1, -0.05) is 17.7 Å².